The zero-order valence-corrected chi connectivity index (χ0v) is 12.4. The van der Waals surface area contributed by atoms with Crippen molar-refractivity contribution < 1.29 is 9.53 Å². The molecular formula is C15H28N2O2. The fourth-order valence-electron chi connectivity index (χ4n) is 3.44. The van der Waals surface area contributed by atoms with Crippen LogP contribution in [-0.2, 0) is 4.74 Å². The molecule has 0 aromatic rings. The van der Waals surface area contributed by atoms with E-state index in [9.17, 15) is 4.79 Å². The van der Waals surface area contributed by atoms with Gasteiger partial charge in [-0.1, -0.05) is 19.3 Å². The first kappa shape index (κ1) is 14.6. The predicted octanol–water partition coefficient (Wildman–Crippen LogP) is 2.73. The maximum absolute atomic E-state index is 12.1. The molecule has 110 valence electrons. The van der Waals surface area contributed by atoms with E-state index in [1.54, 1.807) is 0 Å². The van der Waals surface area contributed by atoms with E-state index in [0.29, 0.717) is 12.0 Å². The quantitative estimate of drug-likeness (QED) is 0.789. The van der Waals surface area contributed by atoms with Crippen molar-refractivity contribution in [1.29, 1.82) is 0 Å². The third kappa shape index (κ3) is 4.10. The minimum absolute atomic E-state index is 0.125. The van der Waals surface area contributed by atoms with Gasteiger partial charge in [-0.25, -0.2) is 4.79 Å². The summed E-state index contributed by atoms with van der Waals surface area (Å²) in [5, 5.41) is 0. The third-order valence-electron chi connectivity index (χ3n) is 4.72. The Morgan fingerprint density at radius 2 is 1.79 bits per heavy atom. The lowest BCUT2D eigenvalue weighted by molar-refractivity contribution is 0.0698. The van der Waals surface area contributed by atoms with Gasteiger partial charge < -0.3 is 14.5 Å². The van der Waals surface area contributed by atoms with E-state index in [2.05, 4.69) is 11.9 Å². The number of amides is 1. The summed E-state index contributed by atoms with van der Waals surface area (Å²) in [6.45, 7) is 3.08. The summed E-state index contributed by atoms with van der Waals surface area (Å²) in [6, 6.07) is 0.380. The second-order valence-electron chi connectivity index (χ2n) is 6.16. The van der Waals surface area contributed by atoms with Gasteiger partial charge in [0.25, 0.3) is 0 Å². The monoisotopic (exact) mass is 268 g/mol. The first-order valence-electron chi connectivity index (χ1n) is 7.74. The Bertz CT molecular complexity index is 282. The molecule has 0 spiro atoms. The summed E-state index contributed by atoms with van der Waals surface area (Å²) in [5.41, 5.74) is 0. The number of hydrogen-bond donors (Lipinski definition) is 0. The molecule has 4 heteroatoms. The van der Waals surface area contributed by atoms with E-state index >= 15 is 0 Å². The first-order valence-corrected chi connectivity index (χ1v) is 7.74. The lowest BCUT2D eigenvalue weighted by atomic mass is 9.88. The Balaban J connectivity index is 1.92. The van der Waals surface area contributed by atoms with Crippen LogP contribution in [0.3, 0.4) is 0 Å². The number of piperidine rings is 1. The average Bonchev–Trinajstić information content (AvgIpc) is 2.46. The summed E-state index contributed by atoms with van der Waals surface area (Å²) in [5.74, 6) is 0.688. The highest BCUT2D eigenvalue weighted by Crippen LogP contribution is 2.27. The molecule has 0 atom stereocenters. The van der Waals surface area contributed by atoms with Crippen molar-refractivity contribution >= 4 is 6.09 Å². The standard InChI is InChI=1S/C15H28N2O2/c1-16-10-8-14(9-11-16)17(15(18)19-2)12-13-6-4-3-5-7-13/h13-14H,3-12H2,1-2H3. The van der Waals surface area contributed by atoms with Crippen LogP contribution in [0.25, 0.3) is 0 Å². The lowest BCUT2D eigenvalue weighted by Gasteiger charge is -2.38. The van der Waals surface area contributed by atoms with Crippen molar-refractivity contribution in [2.45, 2.75) is 51.0 Å². The minimum Gasteiger partial charge on any atom is -0.453 e. The fourth-order valence-corrected chi connectivity index (χ4v) is 3.44. The Labute approximate surface area is 117 Å². The molecule has 4 nitrogen and oxygen atoms in total. The van der Waals surface area contributed by atoms with Crippen molar-refractivity contribution in [2.24, 2.45) is 5.92 Å². The molecule has 1 aliphatic carbocycles. The van der Waals surface area contributed by atoms with Crippen LogP contribution in [-0.4, -0.2) is 55.7 Å². The topological polar surface area (TPSA) is 32.8 Å². The molecule has 1 aliphatic heterocycles. The van der Waals surface area contributed by atoms with Crippen LogP contribution in [0.15, 0.2) is 0 Å². The largest absolute Gasteiger partial charge is 0.453 e. The minimum atomic E-state index is -0.125. The molecule has 0 N–H and O–H groups in total. The number of methoxy groups -OCH3 is 1. The van der Waals surface area contributed by atoms with Gasteiger partial charge in [0, 0.05) is 12.6 Å². The number of ether oxygens (including phenoxy) is 1. The molecule has 0 radical (unpaired) electrons. The summed E-state index contributed by atoms with van der Waals surface area (Å²) in [7, 11) is 3.66. The lowest BCUT2D eigenvalue weighted by Crippen LogP contribution is -2.48. The van der Waals surface area contributed by atoms with Crippen molar-refractivity contribution in [1.82, 2.24) is 9.80 Å². The second kappa shape index (κ2) is 7.13. The van der Waals surface area contributed by atoms with Crippen LogP contribution in [0.5, 0.6) is 0 Å². The summed E-state index contributed by atoms with van der Waals surface area (Å²) in [4.78, 5) is 16.4. The molecule has 2 aliphatic rings. The number of carbonyl (C=O) groups is 1. The van der Waals surface area contributed by atoms with E-state index in [4.69, 9.17) is 4.74 Å². The van der Waals surface area contributed by atoms with Crippen LogP contribution in [0.2, 0.25) is 0 Å². The van der Waals surface area contributed by atoms with E-state index in [0.717, 1.165) is 32.5 Å². The molecule has 0 aromatic carbocycles. The van der Waals surface area contributed by atoms with Crippen molar-refractivity contribution in [3.05, 3.63) is 0 Å². The number of nitrogens with zero attached hydrogens (tertiary/aromatic N) is 2. The van der Waals surface area contributed by atoms with Crippen LogP contribution in [0.1, 0.15) is 44.9 Å². The average molecular weight is 268 g/mol. The Hall–Kier alpha value is -0.770. The number of likely N-dealkylation sites (tertiary alicyclic amines) is 1. The molecule has 1 saturated heterocycles. The number of carbonyl (C=O) groups excluding carboxylic acids is 1. The van der Waals surface area contributed by atoms with E-state index in [-0.39, 0.29) is 6.09 Å². The Morgan fingerprint density at radius 3 is 2.37 bits per heavy atom. The number of rotatable bonds is 3. The summed E-state index contributed by atoms with van der Waals surface area (Å²) >= 11 is 0. The van der Waals surface area contributed by atoms with Gasteiger partial charge >= 0.3 is 6.09 Å². The van der Waals surface area contributed by atoms with Crippen molar-refractivity contribution in [2.75, 3.05) is 33.8 Å². The van der Waals surface area contributed by atoms with E-state index in [1.165, 1.54) is 39.2 Å². The summed E-state index contributed by atoms with van der Waals surface area (Å²) < 4.78 is 5.01. The normalized spacial score (nSPS) is 23.3. The smallest absolute Gasteiger partial charge is 0.409 e. The third-order valence-corrected chi connectivity index (χ3v) is 4.72. The van der Waals surface area contributed by atoms with Gasteiger partial charge in [-0.3, -0.25) is 0 Å². The molecule has 2 fully saturated rings. The van der Waals surface area contributed by atoms with E-state index in [1.807, 2.05) is 4.90 Å². The molecule has 19 heavy (non-hydrogen) atoms. The summed E-state index contributed by atoms with van der Waals surface area (Å²) in [6.07, 6.45) is 8.61. The molecule has 0 aromatic heterocycles. The van der Waals surface area contributed by atoms with Crippen LogP contribution in [0, 0.1) is 5.92 Å². The van der Waals surface area contributed by atoms with Crippen LogP contribution < -0.4 is 0 Å². The first-order chi connectivity index (χ1) is 9.20. The van der Waals surface area contributed by atoms with Crippen LogP contribution in [0.4, 0.5) is 4.79 Å². The van der Waals surface area contributed by atoms with Gasteiger partial charge in [0.1, 0.15) is 0 Å². The van der Waals surface area contributed by atoms with Crippen molar-refractivity contribution in [3.8, 4) is 0 Å². The van der Waals surface area contributed by atoms with Crippen LogP contribution >= 0.6 is 0 Å². The maximum atomic E-state index is 12.1. The zero-order chi connectivity index (χ0) is 13.7. The van der Waals surface area contributed by atoms with Gasteiger partial charge in [-0.15, -0.1) is 0 Å². The molecule has 1 amide bonds. The van der Waals surface area contributed by atoms with E-state index < -0.39 is 0 Å². The number of hydrogen-bond acceptors (Lipinski definition) is 3. The Kier molecular flexibility index (Phi) is 5.49. The highest BCUT2D eigenvalue weighted by molar-refractivity contribution is 5.67. The van der Waals surface area contributed by atoms with Gasteiger partial charge in [0.15, 0.2) is 0 Å². The van der Waals surface area contributed by atoms with Gasteiger partial charge in [-0.2, -0.15) is 0 Å². The molecule has 1 saturated carbocycles. The van der Waals surface area contributed by atoms with Gasteiger partial charge in [-0.05, 0) is 51.7 Å². The van der Waals surface area contributed by atoms with Crippen molar-refractivity contribution in [3.63, 3.8) is 0 Å². The second-order valence-corrected chi connectivity index (χ2v) is 6.16. The molecule has 1 heterocycles. The predicted molar refractivity (Wildman–Crippen MR) is 76.2 cm³/mol. The molecule has 0 unspecified atom stereocenters. The zero-order valence-electron chi connectivity index (χ0n) is 12.4. The molecular weight excluding hydrogens is 240 g/mol. The maximum Gasteiger partial charge on any atom is 0.409 e. The molecule has 0 bridgehead atoms. The Morgan fingerprint density at radius 1 is 1.16 bits per heavy atom. The molecule has 2 rings (SSSR count). The highest BCUT2D eigenvalue weighted by Gasteiger charge is 2.29. The van der Waals surface area contributed by atoms with Gasteiger partial charge in [0.05, 0.1) is 7.11 Å². The highest BCUT2D eigenvalue weighted by atomic mass is 16.5. The van der Waals surface area contributed by atoms with Gasteiger partial charge in [0.2, 0.25) is 0 Å². The SMILES string of the molecule is COC(=O)N(CC1CCCCC1)C1CCN(C)CC1. The fraction of sp³-hybridized carbons (Fsp3) is 0.933.